The summed E-state index contributed by atoms with van der Waals surface area (Å²) >= 11 is 0. The summed E-state index contributed by atoms with van der Waals surface area (Å²) in [6.45, 7) is 9.55. The van der Waals surface area contributed by atoms with E-state index in [-0.39, 0.29) is 49.3 Å². The number of hydrogen-bond acceptors (Lipinski definition) is 8. The summed E-state index contributed by atoms with van der Waals surface area (Å²) in [7, 11) is -4.11. The van der Waals surface area contributed by atoms with Crippen molar-refractivity contribution in [2.75, 3.05) is 19.7 Å². The molecule has 282 valence electrons. The predicted molar refractivity (Wildman–Crippen MR) is 199 cm³/mol. The van der Waals surface area contributed by atoms with E-state index < -0.39 is 45.7 Å². The Hall–Kier alpha value is -5.11. The molecule has 1 saturated heterocycles. The lowest BCUT2D eigenvalue weighted by atomic mass is 9.94. The van der Waals surface area contributed by atoms with Crippen molar-refractivity contribution >= 4 is 34.0 Å². The average Bonchev–Trinajstić information content (AvgIpc) is 3.81. The number of hydrogen-bond donors (Lipinski definition) is 4. The molecule has 0 radical (unpaired) electrons. The standard InChI is InChI=1S/C39H47N5O8S/c1-22-23(2)34(24(3)29-20-39(4,5)52-33(22)29)53(49,50)43-37(40)41-18-10-16-31(35(45)44-19-11-17-32(44)36(46)47)42-38(48)51-21-30-27-14-8-6-12-25(27)26-13-7-9-15-28(26)30/h6-9,12-15,30-32H,10-11,16-21H2,1-5H3,(H,42,48)(H,46,47)(H3,40,41,43)/t31-,32-/m0/s1. The van der Waals surface area contributed by atoms with Gasteiger partial charge in [0.1, 0.15) is 30.0 Å². The van der Waals surface area contributed by atoms with Gasteiger partial charge in [0.15, 0.2) is 0 Å². The van der Waals surface area contributed by atoms with Gasteiger partial charge in [-0.3, -0.25) is 9.79 Å². The van der Waals surface area contributed by atoms with Gasteiger partial charge in [0.25, 0.3) is 10.0 Å². The molecule has 0 saturated carbocycles. The number of carboxylic acids is 1. The van der Waals surface area contributed by atoms with Crippen LogP contribution in [0.5, 0.6) is 5.75 Å². The monoisotopic (exact) mass is 745 g/mol. The zero-order valence-electron chi connectivity index (χ0n) is 30.7. The maximum atomic E-state index is 13.7. The number of rotatable bonds is 11. The van der Waals surface area contributed by atoms with Crippen LogP contribution in [-0.4, -0.2) is 79.7 Å². The lowest BCUT2D eigenvalue weighted by molar-refractivity contribution is -0.149. The summed E-state index contributed by atoms with van der Waals surface area (Å²) in [5.74, 6) is -1.44. The van der Waals surface area contributed by atoms with Gasteiger partial charge in [0.2, 0.25) is 11.9 Å². The second-order valence-electron chi connectivity index (χ2n) is 14.6. The van der Waals surface area contributed by atoms with E-state index in [9.17, 15) is 27.9 Å². The number of nitrogens with zero attached hydrogens (tertiary/aromatic N) is 2. The van der Waals surface area contributed by atoms with Crippen molar-refractivity contribution < 1.29 is 37.4 Å². The van der Waals surface area contributed by atoms with Crippen molar-refractivity contribution in [2.45, 2.75) is 95.2 Å². The molecular formula is C39H47N5O8S. The van der Waals surface area contributed by atoms with Gasteiger partial charge in [-0.1, -0.05) is 48.5 Å². The predicted octanol–water partition coefficient (Wildman–Crippen LogP) is 4.68. The Balaban J connectivity index is 1.12. The minimum Gasteiger partial charge on any atom is -0.487 e. The largest absolute Gasteiger partial charge is 0.487 e. The molecule has 3 aliphatic rings. The summed E-state index contributed by atoms with van der Waals surface area (Å²) in [5, 5.41) is 12.4. The van der Waals surface area contributed by atoms with Gasteiger partial charge in [-0.25, -0.2) is 22.7 Å². The van der Waals surface area contributed by atoms with Crippen molar-refractivity contribution in [3.63, 3.8) is 0 Å². The summed E-state index contributed by atoms with van der Waals surface area (Å²) < 4.78 is 41.4. The van der Waals surface area contributed by atoms with Crippen LogP contribution >= 0.6 is 0 Å². The zero-order chi connectivity index (χ0) is 38.2. The van der Waals surface area contributed by atoms with Crippen LogP contribution in [0.1, 0.15) is 78.8 Å². The van der Waals surface area contributed by atoms with E-state index in [1.165, 1.54) is 4.90 Å². The highest BCUT2D eigenvalue weighted by molar-refractivity contribution is 7.90. The number of guanidine groups is 1. The second kappa shape index (κ2) is 14.7. The summed E-state index contributed by atoms with van der Waals surface area (Å²) in [4.78, 5) is 44.5. The first-order valence-electron chi connectivity index (χ1n) is 17.9. The molecule has 1 fully saturated rings. The summed E-state index contributed by atoms with van der Waals surface area (Å²) in [5.41, 5.74) is 12.6. The van der Waals surface area contributed by atoms with Crippen molar-refractivity contribution in [3.05, 3.63) is 81.9 Å². The Labute approximate surface area is 310 Å². The number of carbonyl (C=O) groups excluding carboxylic acids is 2. The number of alkyl carbamates (subject to hydrolysis) is 1. The smallest absolute Gasteiger partial charge is 0.407 e. The lowest BCUT2D eigenvalue weighted by Crippen LogP contribution is -2.52. The summed E-state index contributed by atoms with van der Waals surface area (Å²) in [6.07, 6.45) is 0.887. The quantitative estimate of drug-likeness (QED) is 0.123. The molecule has 53 heavy (non-hydrogen) atoms. The van der Waals surface area contributed by atoms with Crippen molar-refractivity contribution in [1.82, 2.24) is 14.9 Å². The number of nitrogens with one attached hydrogen (secondary N) is 2. The lowest BCUT2D eigenvalue weighted by Gasteiger charge is -2.27. The molecule has 1 aliphatic carbocycles. The van der Waals surface area contributed by atoms with E-state index in [0.29, 0.717) is 36.1 Å². The Kier molecular flexibility index (Phi) is 10.5. The van der Waals surface area contributed by atoms with E-state index in [1.807, 2.05) is 69.3 Å². The molecule has 0 bridgehead atoms. The molecule has 0 unspecified atom stereocenters. The van der Waals surface area contributed by atoms with Crippen LogP contribution in [0.2, 0.25) is 0 Å². The highest BCUT2D eigenvalue weighted by atomic mass is 32.2. The third-order valence-corrected chi connectivity index (χ3v) is 12.1. The maximum Gasteiger partial charge on any atom is 0.407 e. The van der Waals surface area contributed by atoms with Crippen molar-refractivity contribution in [2.24, 2.45) is 10.7 Å². The number of fused-ring (bicyclic) bond motifs is 4. The minimum absolute atomic E-state index is 0.0239. The van der Waals surface area contributed by atoms with Crippen molar-refractivity contribution in [3.8, 4) is 16.9 Å². The molecule has 0 aromatic heterocycles. The van der Waals surface area contributed by atoms with Gasteiger partial charge in [-0.2, -0.15) is 0 Å². The Morgan fingerprint density at radius 1 is 1.04 bits per heavy atom. The van der Waals surface area contributed by atoms with E-state index in [4.69, 9.17) is 15.2 Å². The Morgan fingerprint density at radius 3 is 2.32 bits per heavy atom. The van der Waals surface area contributed by atoms with E-state index in [0.717, 1.165) is 33.4 Å². The first-order valence-corrected chi connectivity index (χ1v) is 19.4. The highest BCUT2D eigenvalue weighted by Crippen LogP contribution is 2.45. The molecule has 2 atom stereocenters. The molecular weight excluding hydrogens is 699 g/mol. The fourth-order valence-electron chi connectivity index (χ4n) is 7.89. The zero-order valence-corrected chi connectivity index (χ0v) is 31.5. The van der Waals surface area contributed by atoms with Crippen LogP contribution in [0.3, 0.4) is 0 Å². The molecule has 2 heterocycles. The number of aliphatic carboxylic acids is 1. The topological polar surface area (TPSA) is 190 Å². The first kappa shape index (κ1) is 37.6. The number of sulfonamides is 1. The summed E-state index contributed by atoms with van der Waals surface area (Å²) in [6, 6.07) is 13.8. The molecule has 5 N–H and O–H groups in total. The molecule has 3 aromatic carbocycles. The van der Waals surface area contributed by atoms with E-state index >= 15 is 0 Å². The van der Waals surface area contributed by atoms with Crippen LogP contribution < -0.4 is 20.5 Å². The van der Waals surface area contributed by atoms with Crippen LogP contribution in [-0.2, 0) is 30.8 Å². The van der Waals surface area contributed by atoms with Crippen molar-refractivity contribution in [1.29, 1.82) is 0 Å². The number of amides is 2. The third-order valence-electron chi connectivity index (χ3n) is 10.5. The highest BCUT2D eigenvalue weighted by Gasteiger charge is 2.39. The molecule has 6 rings (SSSR count). The number of carbonyl (C=O) groups is 3. The van der Waals surface area contributed by atoms with E-state index in [1.54, 1.807) is 13.8 Å². The normalized spacial score (nSPS) is 18.1. The number of likely N-dealkylation sites (tertiary alicyclic amines) is 1. The fraction of sp³-hybridized carbons (Fsp3) is 0.436. The van der Waals surface area contributed by atoms with Crippen LogP contribution in [0.4, 0.5) is 4.79 Å². The van der Waals surface area contributed by atoms with Gasteiger partial charge in [-0.15, -0.1) is 0 Å². The first-order chi connectivity index (χ1) is 25.1. The Bertz CT molecular complexity index is 2050. The third kappa shape index (κ3) is 7.55. The molecule has 3 aromatic rings. The number of benzene rings is 3. The number of ether oxygens (including phenoxy) is 2. The molecule has 14 heteroatoms. The minimum atomic E-state index is -4.11. The van der Waals surface area contributed by atoms with Gasteiger partial charge >= 0.3 is 12.1 Å². The molecule has 13 nitrogen and oxygen atoms in total. The van der Waals surface area contributed by atoms with E-state index in [2.05, 4.69) is 15.0 Å². The molecule has 0 spiro atoms. The number of nitrogens with two attached hydrogens (primary N) is 1. The average molecular weight is 746 g/mol. The van der Waals surface area contributed by atoms with Crippen LogP contribution in [0.15, 0.2) is 58.4 Å². The van der Waals surface area contributed by atoms with Crippen LogP contribution in [0, 0.1) is 20.8 Å². The number of carboxylic acid groups (broad SMARTS) is 1. The number of aliphatic imine (C=N–C) groups is 1. The second-order valence-corrected chi connectivity index (χ2v) is 16.2. The van der Waals surface area contributed by atoms with Crippen LogP contribution in [0.25, 0.3) is 11.1 Å². The SMILES string of the molecule is Cc1c(C)c(S(=O)(=O)NC(N)=NCCC[C@H](NC(=O)OCC2c3ccccc3-c3ccccc32)C(=O)N2CCC[C@H]2C(=O)O)c(C)c2c1OC(C)(C)C2. The van der Waals surface area contributed by atoms with Gasteiger partial charge in [0.05, 0.1) is 4.90 Å². The fourth-order valence-corrected chi connectivity index (χ4v) is 9.42. The maximum absolute atomic E-state index is 13.7. The van der Waals surface area contributed by atoms with Gasteiger partial charge in [0, 0.05) is 31.0 Å². The molecule has 2 aliphatic heterocycles. The Morgan fingerprint density at radius 2 is 1.68 bits per heavy atom. The molecule has 2 amide bonds. The van der Waals surface area contributed by atoms with Gasteiger partial charge < -0.3 is 30.5 Å². The van der Waals surface area contributed by atoms with Gasteiger partial charge in [-0.05, 0) is 99.2 Å².